The van der Waals surface area contributed by atoms with Crippen LogP contribution in [0.5, 0.6) is 5.75 Å². The molecule has 0 aliphatic carbocycles. The summed E-state index contributed by atoms with van der Waals surface area (Å²) in [4.78, 5) is 0. The van der Waals surface area contributed by atoms with Crippen LogP contribution in [0.15, 0.2) is 40.9 Å². The molecule has 1 atom stereocenters. The van der Waals surface area contributed by atoms with E-state index < -0.39 is 0 Å². The van der Waals surface area contributed by atoms with E-state index in [2.05, 4.69) is 46.4 Å². The van der Waals surface area contributed by atoms with Crippen LogP contribution in [0.4, 0.5) is 5.69 Å². The molecule has 0 amide bonds. The topological polar surface area (TPSA) is 21.3 Å². The molecule has 0 aromatic heterocycles. The van der Waals surface area contributed by atoms with Crippen LogP contribution in [0, 0.1) is 0 Å². The van der Waals surface area contributed by atoms with Gasteiger partial charge in [0.2, 0.25) is 0 Å². The smallest absolute Gasteiger partial charge is 0.122 e. The second-order valence-electron chi connectivity index (χ2n) is 4.96. The second kappa shape index (κ2) is 5.66. The van der Waals surface area contributed by atoms with Crippen LogP contribution in [0.2, 0.25) is 5.02 Å². The molecule has 1 aliphatic rings. The van der Waals surface area contributed by atoms with Crippen molar-refractivity contribution in [2.45, 2.75) is 19.4 Å². The molecule has 0 fully saturated rings. The molecule has 2 aromatic rings. The van der Waals surface area contributed by atoms with Gasteiger partial charge < -0.3 is 10.1 Å². The van der Waals surface area contributed by atoms with Gasteiger partial charge in [0.05, 0.1) is 17.3 Å². The largest absolute Gasteiger partial charge is 0.493 e. The molecule has 2 nitrogen and oxygen atoms in total. The maximum atomic E-state index is 6.22. The Morgan fingerprint density at radius 1 is 1.25 bits per heavy atom. The zero-order valence-corrected chi connectivity index (χ0v) is 13.5. The molecule has 3 rings (SSSR count). The summed E-state index contributed by atoms with van der Waals surface area (Å²) in [5.74, 6) is 1.02. The van der Waals surface area contributed by atoms with Gasteiger partial charge in [-0.15, -0.1) is 0 Å². The van der Waals surface area contributed by atoms with Crippen LogP contribution in [-0.2, 0) is 6.42 Å². The molecular formula is C16H15BrClNO. The standard InChI is InChI=1S/C16H15BrClNO/c1-10(19-15-9-13(17)3-4-14(15)18)11-2-5-16-12(8-11)6-7-20-16/h2-5,8-10,19H,6-7H2,1H3. The lowest BCUT2D eigenvalue weighted by Gasteiger charge is -2.17. The highest BCUT2D eigenvalue weighted by Gasteiger charge is 2.15. The zero-order valence-electron chi connectivity index (χ0n) is 11.1. The molecule has 0 saturated heterocycles. The van der Waals surface area contributed by atoms with E-state index in [9.17, 15) is 0 Å². The highest BCUT2D eigenvalue weighted by molar-refractivity contribution is 9.10. The van der Waals surface area contributed by atoms with Gasteiger partial charge >= 0.3 is 0 Å². The van der Waals surface area contributed by atoms with Crippen molar-refractivity contribution in [2.75, 3.05) is 11.9 Å². The number of ether oxygens (including phenoxy) is 1. The molecule has 104 valence electrons. The van der Waals surface area contributed by atoms with Crippen molar-refractivity contribution in [1.82, 2.24) is 0 Å². The Balaban J connectivity index is 1.82. The van der Waals surface area contributed by atoms with E-state index in [1.54, 1.807) is 0 Å². The Kier molecular flexibility index (Phi) is 3.90. The summed E-state index contributed by atoms with van der Waals surface area (Å²) >= 11 is 9.69. The molecule has 0 bridgehead atoms. The minimum absolute atomic E-state index is 0.188. The first-order chi connectivity index (χ1) is 9.63. The van der Waals surface area contributed by atoms with Gasteiger partial charge in [0.1, 0.15) is 5.75 Å². The Morgan fingerprint density at radius 3 is 2.95 bits per heavy atom. The maximum Gasteiger partial charge on any atom is 0.122 e. The first-order valence-electron chi connectivity index (χ1n) is 6.61. The number of hydrogen-bond donors (Lipinski definition) is 1. The molecule has 20 heavy (non-hydrogen) atoms. The van der Waals surface area contributed by atoms with Crippen LogP contribution < -0.4 is 10.1 Å². The third kappa shape index (κ3) is 2.79. The first kappa shape index (κ1) is 13.8. The summed E-state index contributed by atoms with van der Waals surface area (Å²) < 4.78 is 6.55. The monoisotopic (exact) mass is 351 g/mol. The second-order valence-corrected chi connectivity index (χ2v) is 6.28. The normalized spacial score (nSPS) is 14.6. The Labute approximate surface area is 132 Å². The van der Waals surface area contributed by atoms with Gasteiger partial charge in [-0.1, -0.05) is 33.6 Å². The number of benzene rings is 2. The number of hydrogen-bond acceptors (Lipinski definition) is 2. The number of nitrogens with one attached hydrogen (secondary N) is 1. The first-order valence-corrected chi connectivity index (χ1v) is 7.78. The summed E-state index contributed by atoms with van der Waals surface area (Å²) in [6, 6.07) is 12.4. The molecule has 1 heterocycles. The van der Waals surface area contributed by atoms with Gasteiger partial charge in [0.25, 0.3) is 0 Å². The molecule has 0 radical (unpaired) electrons. The third-order valence-corrected chi connectivity index (χ3v) is 4.34. The van der Waals surface area contributed by atoms with Crippen molar-refractivity contribution < 1.29 is 4.74 Å². The number of anilines is 1. The van der Waals surface area contributed by atoms with Crippen LogP contribution >= 0.6 is 27.5 Å². The van der Waals surface area contributed by atoms with Gasteiger partial charge in [-0.25, -0.2) is 0 Å². The van der Waals surface area contributed by atoms with Crippen LogP contribution in [-0.4, -0.2) is 6.61 Å². The predicted octanol–water partition coefficient (Wildman–Crippen LogP) is 5.21. The lowest BCUT2D eigenvalue weighted by atomic mass is 10.0. The van der Waals surface area contributed by atoms with E-state index in [0.29, 0.717) is 0 Å². The van der Waals surface area contributed by atoms with Gasteiger partial charge in [-0.3, -0.25) is 0 Å². The summed E-state index contributed by atoms with van der Waals surface area (Å²) in [5.41, 5.74) is 3.46. The Morgan fingerprint density at radius 2 is 2.10 bits per heavy atom. The average molecular weight is 353 g/mol. The Bertz CT molecular complexity index is 644. The molecule has 2 aromatic carbocycles. The quantitative estimate of drug-likeness (QED) is 0.818. The summed E-state index contributed by atoms with van der Waals surface area (Å²) in [6.45, 7) is 2.92. The van der Waals surface area contributed by atoms with Gasteiger partial charge in [-0.2, -0.15) is 0 Å². The van der Waals surface area contributed by atoms with Crippen molar-refractivity contribution in [1.29, 1.82) is 0 Å². The fourth-order valence-electron chi connectivity index (χ4n) is 2.40. The molecule has 0 spiro atoms. The highest BCUT2D eigenvalue weighted by atomic mass is 79.9. The van der Waals surface area contributed by atoms with Crippen molar-refractivity contribution in [3.05, 3.63) is 57.0 Å². The number of rotatable bonds is 3. The fraction of sp³-hybridized carbons (Fsp3) is 0.250. The van der Waals surface area contributed by atoms with E-state index in [-0.39, 0.29) is 6.04 Å². The van der Waals surface area contributed by atoms with Crippen molar-refractivity contribution in [3.8, 4) is 5.75 Å². The van der Waals surface area contributed by atoms with Crippen molar-refractivity contribution in [2.24, 2.45) is 0 Å². The van der Waals surface area contributed by atoms with E-state index in [0.717, 1.165) is 34.0 Å². The van der Waals surface area contributed by atoms with Gasteiger partial charge in [-0.05, 0) is 48.4 Å². The fourth-order valence-corrected chi connectivity index (χ4v) is 2.93. The summed E-state index contributed by atoms with van der Waals surface area (Å²) in [6.07, 6.45) is 0.994. The lowest BCUT2D eigenvalue weighted by molar-refractivity contribution is 0.357. The average Bonchev–Trinajstić information content (AvgIpc) is 2.90. The van der Waals surface area contributed by atoms with E-state index in [1.807, 2.05) is 18.2 Å². The zero-order chi connectivity index (χ0) is 14.1. The number of fused-ring (bicyclic) bond motifs is 1. The van der Waals surface area contributed by atoms with Crippen LogP contribution in [0.3, 0.4) is 0 Å². The predicted molar refractivity (Wildman–Crippen MR) is 86.8 cm³/mol. The highest BCUT2D eigenvalue weighted by Crippen LogP contribution is 2.32. The van der Waals surface area contributed by atoms with Gasteiger partial charge in [0, 0.05) is 16.9 Å². The minimum atomic E-state index is 0.188. The van der Waals surface area contributed by atoms with Crippen molar-refractivity contribution >= 4 is 33.2 Å². The Hall–Kier alpha value is -1.19. The molecule has 0 saturated carbocycles. The van der Waals surface area contributed by atoms with Crippen LogP contribution in [0.1, 0.15) is 24.1 Å². The summed E-state index contributed by atoms with van der Waals surface area (Å²) in [7, 11) is 0. The molecule has 1 unspecified atom stereocenters. The van der Waals surface area contributed by atoms with Crippen LogP contribution in [0.25, 0.3) is 0 Å². The van der Waals surface area contributed by atoms with Crippen molar-refractivity contribution in [3.63, 3.8) is 0 Å². The molecule has 1 aliphatic heterocycles. The molecule has 4 heteroatoms. The number of halogens is 2. The van der Waals surface area contributed by atoms with E-state index in [4.69, 9.17) is 16.3 Å². The lowest BCUT2D eigenvalue weighted by Crippen LogP contribution is -2.07. The molecule has 1 N–H and O–H groups in total. The van der Waals surface area contributed by atoms with E-state index in [1.165, 1.54) is 11.1 Å². The van der Waals surface area contributed by atoms with E-state index >= 15 is 0 Å². The maximum absolute atomic E-state index is 6.22. The van der Waals surface area contributed by atoms with Gasteiger partial charge in [0.15, 0.2) is 0 Å². The third-order valence-electron chi connectivity index (χ3n) is 3.51. The molecular weight excluding hydrogens is 338 g/mol. The SMILES string of the molecule is CC(Nc1cc(Br)ccc1Cl)c1ccc2c(c1)CCO2. The minimum Gasteiger partial charge on any atom is -0.493 e. The summed E-state index contributed by atoms with van der Waals surface area (Å²) in [5, 5.41) is 4.18.